The predicted molar refractivity (Wildman–Crippen MR) is 57.6 cm³/mol. The summed E-state index contributed by atoms with van der Waals surface area (Å²) >= 11 is 0. The van der Waals surface area contributed by atoms with Crippen molar-refractivity contribution in [2.24, 2.45) is 5.92 Å². The smallest absolute Gasteiger partial charge is 0.231 e. The normalized spacial score (nSPS) is 16.5. The Morgan fingerprint density at radius 1 is 1.25 bits per heavy atom. The lowest BCUT2D eigenvalue weighted by molar-refractivity contribution is 0.112. The summed E-state index contributed by atoms with van der Waals surface area (Å²) in [5, 5.41) is 0. The van der Waals surface area contributed by atoms with Crippen LogP contribution in [0.15, 0.2) is 12.1 Å². The minimum Gasteiger partial charge on any atom is -0.454 e. The first-order chi connectivity index (χ1) is 7.86. The van der Waals surface area contributed by atoms with Gasteiger partial charge in [0, 0.05) is 23.1 Å². The highest BCUT2D eigenvalue weighted by molar-refractivity contribution is 5.81. The van der Waals surface area contributed by atoms with Gasteiger partial charge in [-0.15, -0.1) is 0 Å². The van der Waals surface area contributed by atoms with Gasteiger partial charge in [0.2, 0.25) is 6.79 Å². The summed E-state index contributed by atoms with van der Waals surface area (Å²) < 4.78 is 10.5. The molecule has 1 fully saturated rings. The predicted octanol–water partition coefficient (Wildman–Crippen LogP) is 1.99. The zero-order chi connectivity index (χ0) is 11.0. The van der Waals surface area contributed by atoms with Crippen LogP contribution in [0.1, 0.15) is 28.8 Å². The second kappa shape index (κ2) is 3.57. The molecule has 0 amide bonds. The quantitative estimate of drug-likeness (QED) is 0.529. The van der Waals surface area contributed by atoms with E-state index in [0.717, 1.165) is 11.8 Å². The van der Waals surface area contributed by atoms with Crippen LogP contribution in [0, 0.1) is 17.8 Å². The molecule has 16 heavy (non-hydrogen) atoms. The number of hydrogen-bond donors (Lipinski definition) is 0. The molecule has 1 aliphatic heterocycles. The number of carbonyl (C=O) groups is 1. The molecule has 80 valence electrons. The molecule has 2 aliphatic rings. The molecule has 3 nitrogen and oxygen atoms in total. The molecule has 0 radical (unpaired) electrons. The molecule has 1 aliphatic carbocycles. The number of aldehydes is 1. The van der Waals surface area contributed by atoms with Crippen molar-refractivity contribution in [3.8, 4) is 23.3 Å². The third-order valence-electron chi connectivity index (χ3n) is 2.66. The van der Waals surface area contributed by atoms with Gasteiger partial charge in [-0.3, -0.25) is 4.79 Å². The van der Waals surface area contributed by atoms with E-state index in [4.69, 9.17) is 9.47 Å². The molecule has 1 aromatic carbocycles. The number of benzene rings is 1. The van der Waals surface area contributed by atoms with Gasteiger partial charge in [0.1, 0.15) is 0 Å². The first-order valence-corrected chi connectivity index (χ1v) is 5.27. The van der Waals surface area contributed by atoms with Crippen molar-refractivity contribution in [2.75, 3.05) is 6.79 Å². The van der Waals surface area contributed by atoms with Crippen LogP contribution in [-0.2, 0) is 0 Å². The molecule has 0 saturated heterocycles. The summed E-state index contributed by atoms with van der Waals surface area (Å²) in [6.45, 7) is 0.215. The van der Waals surface area contributed by atoms with Crippen LogP contribution < -0.4 is 9.47 Å². The minimum absolute atomic E-state index is 0.215. The number of ether oxygens (including phenoxy) is 2. The van der Waals surface area contributed by atoms with E-state index in [1.165, 1.54) is 12.8 Å². The fourth-order valence-electron chi connectivity index (χ4n) is 1.57. The van der Waals surface area contributed by atoms with Crippen molar-refractivity contribution in [1.82, 2.24) is 0 Å². The monoisotopic (exact) mass is 214 g/mol. The Morgan fingerprint density at radius 2 is 2.00 bits per heavy atom. The Kier molecular flexibility index (Phi) is 2.07. The lowest BCUT2D eigenvalue weighted by Gasteiger charge is -2.00. The van der Waals surface area contributed by atoms with Crippen molar-refractivity contribution in [3.05, 3.63) is 23.3 Å². The molecule has 0 N–H and O–H groups in total. The van der Waals surface area contributed by atoms with Gasteiger partial charge in [0.25, 0.3) is 0 Å². The SMILES string of the molecule is O=Cc1cc2c(cc1C#CC1CC1)OCO2. The summed E-state index contributed by atoms with van der Waals surface area (Å²) in [6, 6.07) is 3.47. The zero-order valence-corrected chi connectivity index (χ0v) is 8.66. The highest BCUT2D eigenvalue weighted by Gasteiger charge is 2.19. The fraction of sp³-hybridized carbons (Fsp3) is 0.308. The van der Waals surface area contributed by atoms with Crippen molar-refractivity contribution in [1.29, 1.82) is 0 Å². The Balaban J connectivity index is 2.02. The molecular formula is C13H10O3. The maximum absolute atomic E-state index is 10.9. The van der Waals surface area contributed by atoms with Crippen LogP contribution in [-0.4, -0.2) is 13.1 Å². The average molecular weight is 214 g/mol. The second-order valence-electron chi connectivity index (χ2n) is 3.95. The zero-order valence-electron chi connectivity index (χ0n) is 8.66. The molecule has 0 spiro atoms. The summed E-state index contributed by atoms with van der Waals surface area (Å²) in [7, 11) is 0. The van der Waals surface area contributed by atoms with Crippen molar-refractivity contribution in [3.63, 3.8) is 0 Å². The number of hydrogen-bond acceptors (Lipinski definition) is 3. The van der Waals surface area contributed by atoms with Crippen LogP contribution in [0.4, 0.5) is 0 Å². The molecule has 3 heteroatoms. The van der Waals surface area contributed by atoms with Crippen LogP contribution in [0.5, 0.6) is 11.5 Å². The maximum Gasteiger partial charge on any atom is 0.231 e. The molecule has 1 aromatic rings. The Labute approximate surface area is 93.4 Å². The van der Waals surface area contributed by atoms with Crippen LogP contribution in [0.2, 0.25) is 0 Å². The Hall–Kier alpha value is -1.95. The molecule has 1 heterocycles. The molecule has 3 rings (SSSR count). The Bertz CT molecular complexity index is 504. The third kappa shape index (κ3) is 1.63. The Morgan fingerprint density at radius 3 is 2.69 bits per heavy atom. The first kappa shape index (κ1) is 9.29. The maximum atomic E-state index is 10.9. The summed E-state index contributed by atoms with van der Waals surface area (Å²) in [5.41, 5.74) is 1.29. The summed E-state index contributed by atoms with van der Waals surface area (Å²) in [5.74, 6) is 7.99. The molecule has 0 atom stereocenters. The van der Waals surface area contributed by atoms with Gasteiger partial charge in [-0.2, -0.15) is 0 Å². The summed E-state index contributed by atoms with van der Waals surface area (Å²) in [6.07, 6.45) is 3.15. The second-order valence-corrected chi connectivity index (χ2v) is 3.95. The van der Waals surface area contributed by atoms with E-state index >= 15 is 0 Å². The summed E-state index contributed by atoms with van der Waals surface area (Å²) in [4.78, 5) is 10.9. The highest BCUT2D eigenvalue weighted by Crippen LogP contribution is 2.34. The van der Waals surface area contributed by atoms with Crippen molar-refractivity contribution < 1.29 is 14.3 Å². The van der Waals surface area contributed by atoms with E-state index in [0.29, 0.717) is 23.0 Å². The average Bonchev–Trinajstić information content (AvgIpc) is 3.02. The topological polar surface area (TPSA) is 35.5 Å². The highest BCUT2D eigenvalue weighted by atomic mass is 16.7. The lowest BCUT2D eigenvalue weighted by atomic mass is 10.1. The van der Waals surface area contributed by atoms with Crippen LogP contribution >= 0.6 is 0 Å². The van der Waals surface area contributed by atoms with E-state index in [2.05, 4.69) is 11.8 Å². The largest absolute Gasteiger partial charge is 0.454 e. The van der Waals surface area contributed by atoms with Gasteiger partial charge >= 0.3 is 0 Å². The number of carbonyl (C=O) groups excluding carboxylic acids is 1. The van der Waals surface area contributed by atoms with Gasteiger partial charge in [0.15, 0.2) is 17.8 Å². The first-order valence-electron chi connectivity index (χ1n) is 5.27. The van der Waals surface area contributed by atoms with E-state index in [1.54, 1.807) is 12.1 Å². The van der Waals surface area contributed by atoms with Gasteiger partial charge in [0.05, 0.1) is 0 Å². The van der Waals surface area contributed by atoms with E-state index in [9.17, 15) is 4.79 Å². The molecule has 1 saturated carbocycles. The van der Waals surface area contributed by atoms with Crippen molar-refractivity contribution >= 4 is 6.29 Å². The van der Waals surface area contributed by atoms with Gasteiger partial charge in [-0.25, -0.2) is 0 Å². The van der Waals surface area contributed by atoms with Crippen LogP contribution in [0.25, 0.3) is 0 Å². The van der Waals surface area contributed by atoms with Gasteiger partial charge in [-0.05, 0) is 18.9 Å². The van der Waals surface area contributed by atoms with E-state index in [1.807, 2.05) is 0 Å². The molecular weight excluding hydrogens is 204 g/mol. The van der Waals surface area contributed by atoms with E-state index < -0.39 is 0 Å². The number of rotatable bonds is 1. The van der Waals surface area contributed by atoms with Gasteiger partial charge in [-0.1, -0.05) is 11.8 Å². The standard InChI is InChI=1S/C13H10O3/c14-7-11-6-13-12(15-8-16-13)5-10(11)4-3-9-1-2-9/h5-7,9H,1-2,8H2. The number of fused-ring (bicyclic) bond motifs is 1. The van der Waals surface area contributed by atoms with E-state index in [-0.39, 0.29) is 6.79 Å². The lowest BCUT2D eigenvalue weighted by Crippen LogP contribution is -1.92. The third-order valence-corrected chi connectivity index (χ3v) is 2.66. The van der Waals surface area contributed by atoms with Crippen LogP contribution in [0.3, 0.4) is 0 Å². The molecule has 0 aromatic heterocycles. The van der Waals surface area contributed by atoms with Gasteiger partial charge < -0.3 is 9.47 Å². The minimum atomic E-state index is 0.215. The molecule has 0 bridgehead atoms. The molecule has 0 unspecified atom stereocenters. The fourth-order valence-corrected chi connectivity index (χ4v) is 1.57. The van der Waals surface area contributed by atoms with Crippen molar-refractivity contribution in [2.45, 2.75) is 12.8 Å².